The largest absolute Gasteiger partial charge is 0.393 e. The summed E-state index contributed by atoms with van der Waals surface area (Å²) in [6.07, 6.45) is 3.92. The Kier molecular flexibility index (Phi) is 4.01. The van der Waals surface area contributed by atoms with Crippen molar-refractivity contribution < 1.29 is 5.11 Å². The van der Waals surface area contributed by atoms with Gasteiger partial charge in [-0.15, -0.1) is 0 Å². The van der Waals surface area contributed by atoms with Gasteiger partial charge in [0.25, 0.3) is 0 Å². The van der Waals surface area contributed by atoms with Crippen molar-refractivity contribution in [1.82, 2.24) is 9.97 Å². The van der Waals surface area contributed by atoms with Crippen LogP contribution in [0, 0.1) is 11.8 Å². The van der Waals surface area contributed by atoms with Crippen molar-refractivity contribution in [2.24, 2.45) is 11.8 Å². The molecule has 1 rings (SSSR count). The van der Waals surface area contributed by atoms with Crippen molar-refractivity contribution in [3.63, 3.8) is 0 Å². The molecule has 0 bridgehead atoms. The number of aliphatic hydroxyl groups excluding tert-OH is 1. The molecule has 0 saturated carbocycles. The Morgan fingerprint density at radius 3 is 2.21 bits per heavy atom. The highest BCUT2D eigenvalue weighted by Crippen LogP contribution is 2.18. The summed E-state index contributed by atoms with van der Waals surface area (Å²) < 4.78 is 0. The van der Waals surface area contributed by atoms with Crippen LogP contribution in [-0.2, 0) is 6.42 Å². The van der Waals surface area contributed by atoms with Crippen LogP contribution in [0.5, 0.6) is 0 Å². The van der Waals surface area contributed by atoms with Crippen LogP contribution in [-0.4, -0.2) is 21.2 Å². The highest BCUT2D eigenvalue weighted by atomic mass is 16.3. The third-order valence-electron chi connectivity index (χ3n) is 2.51. The van der Waals surface area contributed by atoms with E-state index in [2.05, 4.69) is 23.8 Å². The minimum atomic E-state index is -0.307. The van der Waals surface area contributed by atoms with Crippen molar-refractivity contribution in [3.05, 3.63) is 24.3 Å². The molecule has 0 fully saturated rings. The van der Waals surface area contributed by atoms with Gasteiger partial charge in [0.05, 0.1) is 6.10 Å². The Bertz CT molecular complexity index is 251. The van der Waals surface area contributed by atoms with Gasteiger partial charge >= 0.3 is 0 Å². The van der Waals surface area contributed by atoms with E-state index in [4.69, 9.17) is 0 Å². The monoisotopic (exact) mass is 194 g/mol. The maximum Gasteiger partial charge on any atom is 0.128 e. The van der Waals surface area contributed by atoms with Gasteiger partial charge in [-0.2, -0.15) is 0 Å². The first kappa shape index (κ1) is 11.1. The first-order chi connectivity index (χ1) is 6.61. The molecule has 0 amide bonds. The van der Waals surface area contributed by atoms with Crippen molar-refractivity contribution in [1.29, 1.82) is 0 Å². The predicted octanol–water partition coefficient (Wildman–Crippen LogP) is 1.67. The maximum absolute atomic E-state index is 9.59. The molecule has 2 atom stereocenters. The highest BCUT2D eigenvalue weighted by Gasteiger charge is 2.20. The lowest BCUT2D eigenvalue weighted by molar-refractivity contribution is 0.0963. The molecular weight excluding hydrogens is 176 g/mol. The van der Waals surface area contributed by atoms with Crippen LogP contribution in [0.3, 0.4) is 0 Å². The summed E-state index contributed by atoms with van der Waals surface area (Å²) in [7, 11) is 0. The van der Waals surface area contributed by atoms with Crippen LogP contribution in [0.1, 0.15) is 26.6 Å². The summed E-state index contributed by atoms with van der Waals surface area (Å²) in [6, 6.07) is 1.80. The normalized spacial score (nSPS) is 15.5. The van der Waals surface area contributed by atoms with E-state index in [0.29, 0.717) is 5.92 Å². The lowest BCUT2D eigenvalue weighted by Crippen LogP contribution is -2.25. The van der Waals surface area contributed by atoms with E-state index in [1.54, 1.807) is 18.5 Å². The molecule has 78 valence electrons. The molecule has 14 heavy (non-hydrogen) atoms. The molecule has 0 aliphatic heterocycles. The summed E-state index contributed by atoms with van der Waals surface area (Å²) in [5.74, 6) is 1.49. The quantitative estimate of drug-likeness (QED) is 0.793. The first-order valence-corrected chi connectivity index (χ1v) is 5.05. The molecule has 0 saturated heterocycles. The minimum absolute atomic E-state index is 0.234. The van der Waals surface area contributed by atoms with Crippen molar-refractivity contribution in [2.75, 3.05) is 0 Å². The standard InChI is InChI=1S/C11H18N2O/c1-8(2)10(9(3)14)7-11-12-5-4-6-13-11/h4-6,8-10,14H,7H2,1-3H3. The lowest BCUT2D eigenvalue weighted by atomic mass is 9.88. The molecule has 2 unspecified atom stereocenters. The number of aromatic nitrogens is 2. The van der Waals surface area contributed by atoms with Gasteiger partial charge in [-0.1, -0.05) is 13.8 Å². The summed E-state index contributed by atoms with van der Waals surface area (Å²) in [5, 5.41) is 9.59. The minimum Gasteiger partial charge on any atom is -0.393 e. The van der Waals surface area contributed by atoms with E-state index in [9.17, 15) is 5.11 Å². The summed E-state index contributed by atoms with van der Waals surface area (Å²) in [4.78, 5) is 8.32. The molecule has 3 heteroatoms. The van der Waals surface area contributed by atoms with Gasteiger partial charge in [-0.05, 0) is 24.8 Å². The zero-order valence-corrected chi connectivity index (χ0v) is 9.01. The van der Waals surface area contributed by atoms with Gasteiger partial charge in [0.1, 0.15) is 5.82 Å². The van der Waals surface area contributed by atoms with E-state index in [-0.39, 0.29) is 12.0 Å². The third-order valence-corrected chi connectivity index (χ3v) is 2.51. The number of nitrogens with zero attached hydrogens (tertiary/aromatic N) is 2. The highest BCUT2D eigenvalue weighted by molar-refractivity contribution is 4.91. The average molecular weight is 194 g/mol. The molecular formula is C11H18N2O. The molecule has 1 aromatic rings. The summed E-state index contributed by atoms with van der Waals surface area (Å²) in [6.45, 7) is 6.05. The fraction of sp³-hybridized carbons (Fsp3) is 0.636. The predicted molar refractivity (Wildman–Crippen MR) is 55.7 cm³/mol. The van der Waals surface area contributed by atoms with Gasteiger partial charge < -0.3 is 5.11 Å². The molecule has 0 spiro atoms. The lowest BCUT2D eigenvalue weighted by Gasteiger charge is -2.22. The smallest absolute Gasteiger partial charge is 0.128 e. The zero-order valence-electron chi connectivity index (χ0n) is 9.01. The van der Waals surface area contributed by atoms with Crippen molar-refractivity contribution in [3.8, 4) is 0 Å². The van der Waals surface area contributed by atoms with E-state index in [0.717, 1.165) is 12.2 Å². The molecule has 1 heterocycles. The molecule has 0 aliphatic carbocycles. The second-order valence-electron chi connectivity index (χ2n) is 4.02. The second-order valence-corrected chi connectivity index (χ2v) is 4.02. The van der Waals surface area contributed by atoms with Gasteiger partial charge in [0, 0.05) is 18.8 Å². The summed E-state index contributed by atoms with van der Waals surface area (Å²) in [5.41, 5.74) is 0. The summed E-state index contributed by atoms with van der Waals surface area (Å²) >= 11 is 0. The fourth-order valence-corrected chi connectivity index (χ4v) is 1.61. The number of aliphatic hydroxyl groups is 1. The van der Waals surface area contributed by atoms with E-state index < -0.39 is 0 Å². The van der Waals surface area contributed by atoms with Crippen LogP contribution in [0.15, 0.2) is 18.5 Å². The third kappa shape index (κ3) is 3.07. The van der Waals surface area contributed by atoms with Gasteiger partial charge in [-0.25, -0.2) is 9.97 Å². The van der Waals surface area contributed by atoms with Crippen molar-refractivity contribution >= 4 is 0 Å². The molecule has 0 radical (unpaired) electrons. The van der Waals surface area contributed by atoms with Crippen LogP contribution in [0.4, 0.5) is 0 Å². The molecule has 1 N–H and O–H groups in total. The Hall–Kier alpha value is -0.960. The van der Waals surface area contributed by atoms with Crippen LogP contribution < -0.4 is 0 Å². The zero-order chi connectivity index (χ0) is 10.6. The Balaban J connectivity index is 2.65. The molecule has 0 aromatic carbocycles. The van der Waals surface area contributed by atoms with Crippen LogP contribution in [0.2, 0.25) is 0 Å². The fourth-order valence-electron chi connectivity index (χ4n) is 1.61. The Labute approximate surface area is 85.2 Å². The second kappa shape index (κ2) is 5.05. The van der Waals surface area contributed by atoms with Gasteiger partial charge in [0.2, 0.25) is 0 Å². The first-order valence-electron chi connectivity index (χ1n) is 5.05. The Morgan fingerprint density at radius 2 is 1.79 bits per heavy atom. The molecule has 1 aromatic heterocycles. The number of hydrogen-bond acceptors (Lipinski definition) is 3. The molecule has 3 nitrogen and oxygen atoms in total. The topological polar surface area (TPSA) is 46.0 Å². The SMILES string of the molecule is CC(C)C(Cc1ncccn1)C(C)O. The van der Waals surface area contributed by atoms with E-state index in [1.807, 2.05) is 6.92 Å². The van der Waals surface area contributed by atoms with Crippen LogP contribution in [0.25, 0.3) is 0 Å². The molecule has 0 aliphatic rings. The average Bonchev–Trinajstić information content (AvgIpc) is 2.15. The number of rotatable bonds is 4. The van der Waals surface area contributed by atoms with Crippen LogP contribution >= 0.6 is 0 Å². The van der Waals surface area contributed by atoms with Gasteiger partial charge in [0.15, 0.2) is 0 Å². The van der Waals surface area contributed by atoms with Crippen molar-refractivity contribution in [2.45, 2.75) is 33.3 Å². The number of hydrogen-bond donors (Lipinski definition) is 1. The van der Waals surface area contributed by atoms with E-state index in [1.165, 1.54) is 0 Å². The van der Waals surface area contributed by atoms with E-state index >= 15 is 0 Å². The Morgan fingerprint density at radius 1 is 1.21 bits per heavy atom. The maximum atomic E-state index is 9.59. The van der Waals surface area contributed by atoms with Gasteiger partial charge in [-0.3, -0.25) is 0 Å².